The standard InChI is InChI=1S/C10H19N3O2/c1-5-11-6-8-12-13-9(15-8)7-14-10(2,3)4/h11H,5-7H2,1-4H3. The van der Waals surface area contributed by atoms with E-state index in [4.69, 9.17) is 9.15 Å². The fourth-order valence-electron chi connectivity index (χ4n) is 0.928. The van der Waals surface area contributed by atoms with Gasteiger partial charge < -0.3 is 14.5 Å². The molecule has 0 radical (unpaired) electrons. The first kappa shape index (κ1) is 12.1. The smallest absolute Gasteiger partial charge is 0.242 e. The Hall–Kier alpha value is -0.940. The summed E-state index contributed by atoms with van der Waals surface area (Å²) in [5, 5.41) is 10.9. The van der Waals surface area contributed by atoms with Crippen LogP contribution >= 0.6 is 0 Å². The minimum Gasteiger partial charge on any atom is -0.421 e. The first-order valence-electron chi connectivity index (χ1n) is 5.17. The van der Waals surface area contributed by atoms with Crippen LogP contribution in [0.4, 0.5) is 0 Å². The van der Waals surface area contributed by atoms with Crippen molar-refractivity contribution in [2.24, 2.45) is 0 Å². The topological polar surface area (TPSA) is 60.2 Å². The van der Waals surface area contributed by atoms with Crippen molar-refractivity contribution in [3.8, 4) is 0 Å². The minimum absolute atomic E-state index is 0.184. The molecular formula is C10H19N3O2. The van der Waals surface area contributed by atoms with Crippen molar-refractivity contribution in [3.05, 3.63) is 11.8 Å². The first-order valence-corrected chi connectivity index (χ1v) is 5.17. The molecule has 1 aromatic rings. The van der Waals surface area contributed by atoms with Crippen LogP contribution in [-0.4, -0.2) is 22.3 Å². The van der Waals surface area contributed by atoms with Crippen molar-refractivity contribution in [2.45, 2.75) is 46.4 Å². The quantitative estimate of drug-likeness (QED) is 0.803. The molecule has 1 aromatic heterocycles. The molecule has 0 saturated carbocycles. The van der Waals surface area contributed by atoms with E-state index < -0.39 is 0 Å². The number of ether oxygens (including phenoxy) is 1. The van der Waals surface area contributed by atoms with Crippen LogP contribution in [0.3, 0.4) is 0 Å². The van der Waals surface area contributed by atoms with Gasteiger partial charge in [-0.25, -0.2) is 0 Å². The molecule has 0 atom stereocenters. The molecule has 0 fully saturated rings. The molecule has 0 amide bonds. The molecule has 86 valence electrons. The zero-order valence-corrected chi connectivity index (χ0v) is 9.83. The van der Waals surface area contributed by atoms with E-state index in [2.05, 4.69) is 15.5 Å². The van der Waals surface area contributed by atoms with E-state index in [1.807, 2.05) is 27.7 Å². The summed E-state index contributed by atoms with van der Waals surface area (Å²) in [7, 11) is 0. The van der Waals surface area contributed by atoms with E-state index >= 15 is 0 Å². The van der Waals surface area contributed by atoms with Crippen molar-refractivity contribution >= 4 is 0 Å². The third-order valence-corrected chi connectivity index (χ3v) is 1.66. The third kappa shape index (κ3) is 4.90. The average molecular weight is 213 g/mol. The van der Waals surface area contributed by atoms with Gasteiger partial charge in [-0.2, -0.15) is 0 Å². The van der Waals surface area contributed by atoms with Gasteiger partial charge in [-0.05, 0) is 27.3 Å². The van der Waals surface area contributed by atoms with Gasteiger partial charge in [-0.15, -0.1) is 10.2 Å². The average Bonchev–Trinajstić information content (AvgIpc) is 2.58. The Morgan fingerprint density at radius 3 is 2.53 bits per heavy atom. The van der Waals surface area contributed by atoms with Crippen LogP contribution in [-0.2, 0) is 17.9 Å². The van der Waals surface area contributed by atoms with E-state index in [-0.39, 0.29) is 5.60 Å². The lowest BCUT2D eigenvalue weighted by atomic mass is 10.2. The lowest BCUT2D eigenvalue weighted by Crippen LogP contribution is -2.18. The molecule has 5 heteroatoms. The summed E-state index contributed by atoms with van der Waals surface area (Å²) in [6.07, 6.45) is 0. The number of nitrogens with zero attached hydrogens (tertiary/aromatic N) is 2. The summed E-state index contributed by atoms with van der Waals surface area (Å²) in [6, 6.07) is 0. The molecule has 0 bridgehead atoms. The number of hydrogen-bond acceptors (Lipinski definition) is 5. The highest BCUT2D eigenvalue weighted by Gasteiger charge is 2.13. The molecule has 0 aliphatic carbocycles. The van der Waals surface area contributed by atoms with E-state index in [0.717, 1.165) is 6.54 Å². The Labute approximate surface area is 90.2 Å². The van der Waals surface area contributed by atoms with Crippen LogP contribution in [0.2, 0.25) is 0 Å². The van der Waals surface area contributed by atoms with Crippen LogP contribution in [0.5, 0.6) is 0 Å². The van der Waals surface area contributed by atoms with Gasteiger partial charge in [-0.3, -0.25) is 0 Å². The van der Waals surface area contributed by atoms with E-state index in [1.54, 1.807) is 0 Å². The molecule has 5 nitrogen and oxygen atoms in total. The van der Waals surface area contributed by atoms with Gasteiger partial charge in [0.05, 0.1) is 12.1 Å². The summed E-state index contributed by atoms with van der Waals surface area (Å²) in [4.78, 5) is 0. The molecule has 0 spiro atoms. The minimum atomic E-state index is -0.184. The second-order valence-electron chi connectivity index (χ2n) is 4.27. The maximum Gasteiger partial charge on any atom is 0.242 e. The number of nitrogens with one attached hydrogen (secondary N) is 1. The highest BCUT2D eigenvalue weighted by Crippen LogP contribution is 2.10. The van der Waals surface area contributed by atoms with Crippen molar-refractivity contribution < 1.29 is 9.15 Å². The second kappa shape index (κ2) is 5.23. The lowest BCUT2D eigenvalue weighted by molar-refractivity contribution is -0.0247. The Kier molecular flexibility index (Phi) is 4.23. The van der Waals surface area contributed by atoms with Crippen molar-refractivity contribution in [1.29, 1.82) is 0 Å². The fraction of sp³-hybridized carbons (Fsp3) is 0.800. The van der Waals surface area contributed by atoms with Gasteiger partial charge in [0.25, 0.3) is 0 Å². The van der Waals surface area contributed by atoms with E-state index in [1.165, 1.54) is 0 Å². The summed E-state index contributed by atoms with van der Waals surface area (Å²) < 4.78 is 10.9. The maximum absolute atomic E-state index is 5.52. The molecule has 1 rings (SSSR count). The number of aromatic nitrogens is 2. The maximum atomic E-state index is 5.52. The predicted molar refractivity (Wildman–Crippen MR) is 56.2 cm³/mol. The Balaban J connectivity index is 2.39. The van der Waals surface area contributed by atoms with Gasteiger partial charge in [0.15, 0.2) is 0 Å². The SMILES string of the molecule is CCNCc1nnc(COC(C)(C)C)o1. The molecule has 0 aromatic carbocycles. The molecular weight excluding hydrogens is 194 g/mol. The molecule has 1 heterocycles. The largest absolute Gasteiger partial charge is 0.421 e. The molecule has 0 aliphatic rings. The normalized spacial score (nSPS) is 12.0. The summed E-state index contributed by atoms with van der Waals surface area (Å²) in [6.45, 7) is 9.85. The van der Waals surface area contributed by atoms with Crippen LogP contribution in [0.15, 0.2) is 4.42 Å². The van der Waals surface area contributed by atoms with Gasteiger partial charge in [0, 0.05) is 0 Å². The van der Waals surface area contributed by atoms with Gasteiger partial charge >= 0.3 is 0 Å². The van der Waals surface area contributed by atoms with Crippen LogP contribution in [0.25, 0.3) is 0 Å². The van der Waals surface area contributed by atoms with Crippen molar-refractivity contribution in [3.63, 3.8) is 0 Å². The summed E-state index contributed by atoms with van der Waals surface area (Å²) >= 11 is 0. The lowest BCUT2D eigenvalue weighted by Gasteiger charge is -2.17. The number of rotatable bonds is 5. The Bertz CT molecular complexity index is 291. The van der Waals surface area contributed by atoms with Crippen molar-refractivity contribution in [2.75, 3.05) is 6.54 Å². The number of hydrogen-bond donors (Lipinski definition) is 1. The van der Waals surface area contributed by atoms with Crippen LogP contribution in [0, 0.1) is 0 Å². The molecule has 0 aliphatic heterocycles. The first-order chi connectivity index (χ1) is 7.01. The van der Waals surface area contributed by atoms with Gasteiger partial charge in [0.1, 0.15) is 6.61 Å². The Morgan fingerprint density at radius 2 is 1.93 bits per heavy atom. The summed E-state index contributed by atoms with van der Waals surface area (Å²) in [5.74, 6) is 1.13. The van der Waals surface area contributed by atoms with E-state index in [9.17, 15) is 0 Å². The van der Waals surface area contributed by atoms with Crippen LogP contribution in [0.1, 0.15) is 39.5 Å². The van der Waals surface area contributed by atoms with Gasteiger partial charge in [-0.1, -0.05) is 6.92 Å². The highest BCUT2D eigenvalue weighted by molar-refractivity contribution is 4.80. The predicted octanol–water partition coefficient (Wildman–Crippen LogP) is 1.49. The molecule has 1 N–H and O–H groups in total. The monoisotopic (exact) mass is 213 g/mol. The third-order valence-electron chi connectivity index (χ3n) is 1.66. The molecule has 0 unspecified atom stereocenters. The zero-order chi connectivity index (χ0) is 11.3. The van der Waals surface area contributed by atoms with E-state index in [0.29, 0.717) is 24.9 Å². The van der Waals surface area contributed by atoms with Crippen molar-refractivity contribution in [1.82, 2.24) is 15.5 Å². The highest BCUT2D eigenvalue weighted by atomic mass is 16.5. The van der Waals surface area contributed by atoms with Crippen LogP contribution < -0.4 is 5.32 Å². The zero-order valence-electron chi connectivity index (χ0n) is 9.83. The Morgan fingerprint density at radius 1 is 1.27 bits per heavy atom. The second-order valence-corrected chi connectivity index (χ2v) is 4.27. The summed E-state index contributed by atoms with van der Waals surface area (Å²) in [5.41, 5.74) is -0.184. The molecule has 15 heavy (non-hydrogen) atoms. The molecule has 0 saturated heterocycles. The van der Waals surface area contributed by atoms with Gasteiger partial charge in [0.2, 0.25) is 11.8 Å². The fourth-order valence-corrected chi connectivity index (χ4v) is 0.928.